The number of anilines is 1. The lowest BCUT2D eigenvalue weighted by Crippen LogP contribution is -2.49. The molecule has 3 nitrogen and oxygen atoms in total. The molecule has 0 spiro atoms. The Morgan fingerprint density at radius 1 is 1.59 bits per heavy atom. The standard InChI is InChI=1S/C13H20N2OS/c1-10-13(9-14,6-7-17-10)15-11-4-3-5-12(8-11)16-2/h3-5,8,10,15H,6-7,9,14H2,1-2H3. The highest BCUT2D eigenvalue weighted by atomic mass is 32.2. The second-order valence-electron chi connectivity index (χ2n) is 4.48. The van der Waals surface area contributed by atoms with Gasteiger partial charge in [0.25, 0.3) is 0 Å². The minimum atomic E-state index is 0.0248. The lowest BCUT2D eigenvalue weighted by atomic mass is 9.92. The van der Waals surface area contributed by atoms with Crippen molar-refractivity contribution in [3.05, 3.63) is 24.3 Å². The van der Waals surface area contributed by atoms with Gasteiger partial charge in [-0.1, -0.05) is 13.0 Å². The van der Waals surface area contributed by atoms with Gasteiger partial charge in [0, 0.05) is 23.5 Å². The van der Waals surface area contributed by atoms with Gasteiger partial charge in [-0.05, 0) is 24.3 Å². The van der Waals surface area contributed by atoms with Crippen molar-refractivity contribution < 1.29 is 4.74 Å². The molecule has 0 radical (unpaired) electrons. The van der Waals surface area contributed by atoms with E-state index in [0.717, 1.165) is 17.9 Å². The van der Waals surface area contributed by atoms with Gasteiger partial charge in [0.2, 0.25) is 0 Å². The van der Waals surface area contributed by atoms with Crippen LogP contribution < -0.4 is 15.8 Å². The van der Waals surface area contributed by atoms with Crippen LogP contribution in [-0.4, -0.2) is 30.2 Å². The van der Waals surface area contributed by atoms with Gasteiger partial charge in [-0.3, -0.25) is 0 Å². The lowest BCUT2D eigenvalue weighted by Gasteiger charge is -2.34. The molecular weight excluding hydrogens is 232 g/mol. The number of benzene rings is 1. The van der Waals surface area contributed by atoms with Gasteiger partial charge in [-0.2, -0.15) is 11.8 Å². The molecule has 3 N–H and O–H groups in total. The van der Waals surface area contributed by atoms with Crippen LogP contribution in [0.5, 0.6) is 5.75 Å². The van der Waals surface area contributed by atoms with Crippen LogP contribution in [-0.2, 0) is 0 Å². The van der Waals surface area contributed by atoms with Crippen molar-refractivity contribution in [2.75, 3.05) is 24.7 Å². The first-order valence-electron chi connectivity index (χ1n) is 5.94. The summed E-state index contributed by atoms with van der Waals surface area (Å²) in [5.41, 5.74) is 7.08. The first-order chi connectivity index (χ1) is 8.20. The van der Waals surface area contributed by atoms with E-state index in [0.29, 0.717) is 11.8 Å². The first-order valence-corrected chi connectivity index (χ1v) is 6.99. The maximum absolute atomic E-state index is 5.97. The highest BCUT2D eigenvalue weighted by Gasteiger charge is 2.39. The fourth-order valence-corrected chi connectivity index (χ4v) is 3.68. The molecule has 17 heavy (non-hydrogen) atoms. The van der Waals surface area contributed by atoms with Crippen LogP contribution in [0.25, 0.3) is 0 Å². The van der Waals surface area contributed by atoms with E-state index in [2.05, 4.69) is 18.3 Å². The Morgan fingerprint density at radius 3 is 3.00 bits per heavy atom. The fourth-order valence-electron chi connectivity index (χ4n) is 2.25. The molecule has 1 aromatic rings. The molecule has 1 aliphatic heterocycles. The third-order valence-electron chi connectivity index (χ3n) is 3.52. The molecule has 2 unspecified atom stereocenters. The van der Waals surface area contributed by atoms with Crippen molar-refractivity contribution >= 4 is 17.4 Å². The van der Waals surface area contributed by atoms with Crippen LogP contribution >= 0.6 is 11.8 Å². The molecule has 0 amide bonds. The molecule has 2 rings (SSSR count). The minimum Gasteiger partial charge on any atom is -0.497 e. The molecular formula is C13H20N2OS. The number of nitrogens with one attached hydrogen (secondary N) is 1. The maximum atomic E-state index is 5.97. The molecule has 1 heterocycles. The van der Waals surface area contributed by atoms with E-state index in [9.17, 15) is 0 Å². The van der Waals surface area contributed by atoms with Gasteiger partial charge < -0.3 is 15.8 Å². The molecule has 0 aliphatic carbocycles. The normalized spacial score (nSPS) is 28.1. The van der Waals surface area contributed by atoms with Crippen LogP contribution in [0.1, 0.15) is 13.3 Å². The quantitative estimate of drug-likeness (QED) is 0.863. The number of rotatable bonds is 4. The predicted molar refractivity (Wildman–Crippen MR) is 74.9 cm³/mol. The van der Waals surface area contributed by atoms with Crippen molar-refractivity contribution in [1.29, 1.82) is 0 Å². The monoisotopic (exact) mass is 252 g/mol. The third-order valence-corrected chi connectivity index (χ3v) is 4.91. The van der Waals surface area contributed by atoms with Crippen molar-refractivity contribution in [1.82, 2.24) is 0 Å². The van der Waals surface area contributed by atoms with E-state index in [1.165, 1.54) is 5.75 Å². The van der Waals surface area contributed by atoms with E-state index in [-0.39, 0.29) is 5.54 Å². The average molecular weight is 252 g/mol. The number of hydrogen-bond acceptors (Lipinski definition) is 4. The summed E-state index contributed by atoms with van der Waals surface area (Å²) < 4.78 is 5.24. The highest BCUT2D eigenvalue weighted by molar-refractivity contribution is 8.00. The molecule has 1 saturated heterocycles. The van der Waals surface area contributed by atoms with Gasteiger partial charge >= 0.3 is 0 Å². The van der Waals surface area contributed by atoms with Crippen LogP contribution in [0.3, 0.4) is 0 Å². The summed E-state index contributed by atoms with van der Waals surface area (Å²) in [5.74, 6) is 2.05. The molecule has 2 atom stereocenters. The fraction of sp³-hybridized carbons (Fsp3) is 0.538. The van der Waals surface area contributed by atoms with Crippen molar-refractivity contribution in [3.63, 3.8) is 0 Å². The van der Waals surface area contributed by atoms with Crippen molar-refractivity contribution in [3.8, 4) is 5.75 Å². The molecule has 1 aromatic carbocycles. The average Bonchev–Trinajstić information content (AvgIpc) is 2.71. The molecule has 0 saturated carbocycles. The van der Waals surface area contributed by atoms with E-state index in [1.807, 2.05) is 30.0 Å². The number of ether oxygens (including phenoxy) is 1. The van der Waals surface area contributed by atoms with Gasteiger partial charge in [0.05, 0.1) is 12.6 Å². The largest absolute Gasteiger partial charge is 0.497 e. The zero-order chi connectivity index (χ0) is 12.3. The van der Waals surface area contributed by atoms with E-state index in [4.69, 9.17) is 10.5 Å². The lowest BCUT2D eigenvalue weighted by molar-refractivity contribution is 0.414. The summed E-state index contributed by atoms with van der Waals surface area (Å²) in [6.07, 6.45) is 1.12. The van der Waals surface area contributed by atoms with E-state index < -0.39 is 0 Å². The van der Waals surface area contributed by atoms with Crippen LogP contribution in [0, 0.1) is 0 Å². The summed E-state index contributed by atoms with van der Waals surface area (Å²) in [4.78, 5) is 0. The molecule has 94 valence electrons. The zero-order valence-electron chi connectivity index (χ0n) is 10.4. The Kier molecular flexibility index (Phi) is 3.84. The molecule has 4 heteroatoms. The van der Waals surface area contributed by atoms with Gasteiger partial charge in [-0.25, -0.2) is 0 Å². The SMILES string of the molecule is COc1cccc(NC2(CN)CCSC2C)c1. The van der Waals surface area contributed by atoms with E-state index >= 15 is 0 Å². The van der Waals surface area contributed by atoms with Crippen LogP contribution in [0.15, 0.2) is 24.3 Å². The summed E-state index contributed by atoms with van der Waals surface area (Å²) in [7, 11) is 1.69. The van der Waals surface area contributed by atoms with E-state index in [1.54, 1.807) is 7.11 Å². The Hall–Kier alpha value is -0.870. The Labute approximate surface area is 107 Å². The second-order valence-corrected chi connectivity index (χ2v) is 5.93. The smallest absolute Gasteiger partial charge is 0.120 e. The molecule has 0 aromatic heterocycles. The summed E-state index contributed by atoms with van der Waals surface area (Å²) in [5, 5.41) is 4.14. The number of thioether (sulfide) groups is 1. The minimum absolute atomic E-state index is 0.0248. The van der Waals surface area contributed by atoms with Crippen LogP contribution in [0.2, 0.25) is 0 Å². The zero-order valence-corrected chi connectivity index (χ0v) is 11.2. The van der Waals surface area contributed by atoms with Crippen molar-refractivity contribution in [2.24, 2.45) is 5.73 Å². The molecule has 0 bridgehead atoms. The molecule has 1 aliphatic rings. The van der Waals surface area contributed by atoms with Crippen LogP contribution in [0.4, 0.5) is 5.69 Å². The maximum Gasteiger partial charge on any atom is 0.120 e. The Balaban J connectivity index is 2.18. The summed E-state index contributed by atoms with van der Waals surface area (Å²) in [6, 6.07) is 8.04. The highest BCUT2D eigenvalue weighted by Crippen LogP contribution is 2.37. The number of methoxy groups -OCH3 is 1. The first kappa shape index (κ1) is 12.6. The van der Waals surface area contributed by atoms with Crippen molar-refractivity contribution in [2.45, 2.75) is 24.1 Å². The second kappa shape index (κ2) is 5.19. The van der Waals surface area contributed by atoms with Gasteiger partial charge in [0.1, 0.15) is 5.75 Å². The topological polar surface area (TPSA) is 47.3 Å². The summed E-state index contributed by atoms with van der Waals surface area (Å²) >= 11 is 1.98. The predicted octanol–water partition coefficient (Wildman–Crippen LogP) is 2.33. The molecule has 1 fully saturated rings. The Bertz CT molecular complexity index is 385. The van der Waals surface area contributed by atoms with Gasteiger partial charge in [-0.15, -0.1) is 0 Å². The number of hydrogen-bond donors (Lipinski definition) is 2. The number of nitrogens with two attached hydrogens (primary N) is 1. The Morgan fingerprint density at radius 2 is 2.41 bits per heavy atom. The van der Waals surface area contributed by atoms with Gasteiger partial charge in [0.15, 0.2) is 0 Å². The summed E-state index contributed by atoms with van der Waals surface area (Å²) in [6.45, 7) is 2.91. The third kappa shape index (κ3) is 2.53.